The summed E-state index contributed by atoms with van der Waals surface area (Å²) in [5, 5.41) is 6.17. The normalized spacial score (nSPS) is 15.6. The first-order valence-corrected chi connectivity index (χ1v) is 13.7. The maximum atomic E-state index is 13.8. The van der Waals surface area contributed by atoms with Crippen LogP contribution in [0.15, 0.2) is 83.9 Å². The van der Waals surface area contributed by atoms with Gasteiger partial charge >= 0.3 is 0 Å². The van der Waals surface area contributed by atoms with Gasteiger partial charge in [-0.25, -0.2) is 18.5 Å². The fourth-order valence-electron chi connectivity index (χ4n) is 4.82. The highest BCUT2D eigenvalue weighted by Crippen LogP contribution is 2.29. The van der Waals surface area contributed by atoms with Crippen LogP contribution in [0.3, 0.4) is 0 Å². The number of nitrogens with zero attached hydrogens (tertiary/aromatic N) is 2. The zero-order chi connectivity index (χ0) is 27.7. The lowest BCUT2D eigenvalue weighted by Gasteiger charge is -2.28. The van der Waals surface area contributed by atoms with Gasteiger partial charge in [0, 0.05) is 29.2 Å². The molecule has 39 heavy (non-hydrogen) atoms. The van der Waals surface area contributed by atoms with Gasteiger partial charge in [-0.2, -0.15) is 0 Å². The summed E-state index contributed by atoms with van der Waals surface area (Å²) in [6.07, 6.45) is 2.11. The number of carbonyl (C=O) groups excluding carboxylic acids is 3. The number of primary sulfonamides is 1. The van der Waals surface area contributed by atoms with Gasteiger partial charge in [-0.05, 0) is 60.5 Å². The minimum absolute atomic E-state index is 0.143. The first kappa shape index (κ1) is 26.1. The van der Waals surface area contributed by atoms with Crippen molar-refractivity contribution in [2.75, 3.05) is 18.6 Å². The Bertz CT molecular complexity index is 1680. The third kappa shape index (κ3) is 5.14. The van der Waals surface area contributed by atoms with Crippen molar-refractivity contribution in [3.63, 3.8) is 0 Å². The molecule has 1 unspecified atom stereocenters. The third-order valence-electron chi connectivity index (χ3n) is 6.80. The maximum Gasteiger partial charge on any atom is 0.257 e. The molecule has 1 aliphatic heterocycles. The lowest BCUT2D eigenvalue weighted by Crippen LogP contribution is -2.46. The number of fused-ring (bicyclic) bond motifs is 1. The number of sulfonamides is 1. The molecule has 1 aromatic heterocycles. The largest absolute Gasteiger partial charge is 0.497 e. The Morgan fingerprint density at radius 3 is 2.54 bits per heavy atom. The molecule has 0 radical (unpaired) electrons. The van der Waals surface area contributed by atoms with Gasteiger partial charge in [-0.3, -0.25) is 14.4 Å². The number of anilines is 1. The van der Waals surface area contributed by atoms with Gasteiger partial charge in [0.1, 0.15) is 11.8 Å². The predicted octanol–water partition coefficient (Wildman–Crippen LogP) is 2.84. The molecule has 3 aromatic carbocycles. The summed E-state index contributed by atoms with van der Waals surface area (Å²) < 4.78 is 28.5. The van der Waals surface area contributed by atoms with Gasteiger partial charge in [0.25, 0.3) is 11.8 Å². The molecule has 1 saturated heterocycles. The van der Waals surface area contributed by atoms with Crippen molar-refractivity contribution in [2.45, 2.75) is 23.8 Å². The molecule has 0 bridgehead atoms. The Kier molecular flexibility index (Phi) is 6.94. The van der Waals surface area contributed by atoms with Crippen LogP contribution in [0.1, 0.15) is 22.3 Å². The number of aromatic amines is 1. The van der Waals surface area contributed by atoms with Crippen molar-refractivity contribution in [2.24, 2.45) is 5.14 Å². The Hall–Kier alpha value is -4.48. The lowest BCUT2D eigenvalue weighted by molar-refractivity contribution is -0.122. The van der Waals surface area contributed by atoms with E-state index in [0.717, 1.165) is 21.4 Å². The number of H-pyrrole nitrogens is 1. The molecule has 200 valence electrons. The number of para-hydroxylation sites is 1. The van der Waals surface area contributed by atoms with Crippen LogP contribution in [-0.2, 0) is 26.0 Å². The van der Waals surface area contributed by atoms with Crippen LogP contribution >= 0.6 is 0 Å². The van der Waals surface area contributed by atoms with Crippen molar-refractivity contribution in [3.05, 3.63) is 90.1 Å². The van der Waals surface area contributed by atoms with E-state index in [4.69, 9.17) is 9.88 Å². The molecule has 0 aliphatic carbocycles. The molecule has 2 heterocycles. The van der Waals surface area contributed by atoms with Crippen LogP contribution in [0.2, 0.25) is 0 Å². The fourth-order valence-corrected chi connectivity index (χ4v) is 5.33. The average Bonchev–Trinajstić information content (AvgIpc) is 3.48. The number of rotatable bonds is 8. The van der Waals surface area contributed by atoms with Crippen LogP contribution < -0.4 is 14.8 Å². The highest BCUT2D eigenvalue weighted by molar-refractivity contribution is 7.89. The Balaban J connectivity index is 1.46. The van der Waals surface area contributed by atoms with Gasteiger partial charge in [0.15, 0.2) is 0 Å². The zero-order valence-electron chi connectivity index (χ0n) is 21.0. The molecule has 0 saturated carbocycles. The molecule has 1 aliphatic rings. The minimum atomic E-state index is -3.94. The Labute approximate surface area is 225 Å². The Morgan fingerprint density at radius 1 is 1.08 bits per heavy atom. The molecule has 4 aromatic rings. The van der Waals surface area contributed by atoms with Crippen molar-refractivity contribution in [1.82, 2.24) is 9.88 Å². The predicted molar refractivity (Wildman–Crippen MR) is 145 cm³/mol. The summed E-state index contributed by atoms with van der Waals surface area (Å²) in [7, 11) is -2.44. The van der Waals surface area contributed by atoms with E-state index in [0.29, 0.717) is 17.7 Å². The number of ether oxygens (including phenoxy) is 1. The first-order chi connectivity index (χ1) is 18.7. The molecular formula is C28H26N4O6S. The van der Waals surface area contributed by atoms with E-state index >= 15 is 0 Å². The molecule has 3 amide bonds. The Morgan fingerprint density at radius 2 is 1.82 bits per heavy atom. The van der Waals surface area contributed by atoms with Crippen molar-refractivity contribution in [1.29, 1.82) is 0 Å². The van der Waals surface area contributed by atoms with Gasteiger partial charge in [-0.1, -0.05) is 24.3 Å². The molecule has 1 fully saturated rings. The maximum absolute atomic E-state index is 13.8. The van der Waals surface area contributed by atoms with Gasteiger partial charge < -0.3 is 14.6 Å². The highest BCUT2D eigenvalue weighted by Gasteiger charge is 2.44. The number of methoxy groups -OCH3 is 1. The SMILES string of the molecule is COc1cccc(C(=O)N(CCc2c[nH]c3ccccc23)C2CC(=O)N(c3ccc(S(N)(=O)=O)cc3)C2=O)c1. The van der Waals surface area contributed by atoms with Crippen LogP contribution in [0.4, 0.5) is 5.69 Å². The second kappa shape index (κ2) is 10.4. The summed E-state index contributed by atoms with van der Waals surface area (Å²) in [6, 6.07) is 18.5. The summed E-state index contributed by atoms with van der Waals surface area (Å²) in [5.74, 6) is -0.989. The van der Waals surface area contributed by atoms with Crippen molar-refractivity contribution >= 4 is 44.3 Å². The molecule has 11 heteroatoms. The molecule has 1 atom stereocenters. The lowest BCUT2D eigenvalue weighted by atomic mass is 10.1. The van der Waals surface area contributed by atoms with E-state index in [9.17, 15) is 22.8 Å². The van der Waals surface area contributed by atoms with Crippen molar-refractivity contribution < 1.29 is 27.5 Å². The number of nitrogens with two attached hydrogens (primary N) is 1. The zero-order valence-corrected chi connectivity index (χ0v) is 21.9. The topological polar surface area (TPSA) is 143 Å². The summed E-state index contributed by atoms with van der Waals surface area (Å²) in [6.45, 7) is 0.180. The quantitative estimate of drug-likeness (QED) is 0.326. The number of aromatic nitrogens is 1. The number of hydrogen-bond donors (Lipinski definition) is 2. The first-order valence-electron chi connectivity index (χ1n) is 12.2. The van der Waals surface area contributed by atoms with E-state index in [-0.39, 0.29) is 23.5 Å². The summed E-state index contributed by atoms with van der Waals surface area (Å²) >= 11 is 0. The third-order valence-corrected chi connectivity index (χ3v) is 7.73. The van der Waals surface area contributed by atoms with Gasteiger partial charge in [0.05, 0.1) is 24.1 Å². The molecule has 10 nitrogen and oxygen atoms in total. The van der Waals surface area contributed by atoms with E-state index in [2.05, 4.69) is 4.98 Å². The van der Waals surface area contributed by atoms with Crippen LogP contribution in [0, 0.1) is 0 Å². The molecule has 3 N–H and O–H groups in total. The van der Waals surface area contributed by atoms with Crippen molar-refractivity contribution in [3.8, 4) is 5.75 Å². The second-order valence-electron chi connectivity index (χ2n) is 9.17. The number of nitrogens with one attached hydrogen (secondary N) is 1. The van der Waals surface area contributed by atoms with Crippen LogP contribution in [0.25, 0.3) is 10.9 Å². The van der Waals surface area contributed by atoms with E-state index in [1.165, 1.54) is 36.3 Å². The monoisotopic (exact) mass is 546 g/mol. The number of benzene rings is 3. The van der Waals surface area contributed by atoms with E-state index in [1.807, 2.05) is 30.5 Å². The van der Waals surface area contributed by atoms with Gasteiger partial charge in [0.2, 0.25) is 15.9 Å². The summed E-state index contributed by atoms with van der Waals surface area (Å²) in [5.41, 5.74) is 2.45. The standard InChI is InChI=1S/C28H26N4O6S/c1-38-21-6-4-5-18(15-21)27(34)31(14-13-19-17-30-24-8-3-2-7-23(19)24)25-16-26(33)32(28(25)35)20-9-11-22(12-10-20)39(29,36)37/h2-12,15,17,25,30H,13-14,16H2,1H3,(H2,29,36,37). The molecule has 5 rings (SSSR count). The number of hydrogen-bond acceptors (Lipinski definition) is 6. The molecular weight excluding hydrogens is 520 g/mol. The fraction of sp³-hybridized carbons (Fsp3) is 0.179. The number of carbonyl (C=O) groups is 3. The van der Waals surface area contributed by atoms with Crippen LogP contribution in [0.5, 0.6) is 5.75 Å². The average molecular weight is 547 g/mol. The van der Waals surface area contributed by atoms with Gasteiger partial charge in [-0.15, -0.1) is 0 Å². The molecule has 0 spiro atoms. The second-order valence-corrected chi connectivity index (χ2v) is 10.7. The number of amides is 3. The highest BCUT2D eigenvalue weighted by atomic mass is 32.2. The van der Waals surface area contributed by atoms with E-state index < -0.39 is 33.8 Å². The smallest absolute Gasteiger partial charge is 0.257 e. The minimum Gasteiger partial charge on any atom is -0.497 e. The summed E-state index contributed by atoms with van der Waals surface area (Å²) in [4.78, 5) is 45.9. The number of imide groups is 1. The van der Waals surface area contributed by atoms with Crippen LogP contribution in [-0.4, -0.2) is 55.7 Å². The van der Waals surface area contributed by atoms with E-state index in [1.54, 1.807) is 24.3 Å².